The highest BCUT2D eigenvalue weighted by atomic mass is 19.1. The Morgan fingerprint density at radius 2 is 2.20 bits per heavy atom. The Bertz CT molecular complexity index is 596. The molecule has 0 saturated heterocycles. The second kappa shape index (κ2) is 6.30. The molecule has 2 aromatic carbocycles. The predicted octanol–water partition coefficient (Wildman–Crippen LogP) is 2.59. The van der Waals surface area contributed by atoms with Gasteiger partial charge >= 0.3 is 0 Å². The number of aliphatic hydroxyl groups is 1. The molecule has 0 bridgehead atoms. The van der Waals surface area contributed by atoms with Crippen LogP contribution in [0.15, 0.2) is 42.5 Å². The van der Waals surface area contributed by atoms with Crippen molar-refractivity contribution in [3.8, 4) is 5.75 Å². The second-order valence-electron chi connectivity index (χ2n) is 4.27. The molecule has 0 aliphatic carbocycles. The van der Waals surface area contributed by atoms with Crippen LogP contribution in [0.3, 0.4) is 0 Å². The van der Waals surface area contributed by atoms with Crippen LogP contribution in [-0.4, -0.2) is 24.6 Å². The summed E-state index contributed by atoms with van der Waals surface area (Å²) in [5.41, 5.74) is 0.774. The summed E-state index contributed by atoms with van der Waals surface area (Å²) in [6.07, 6.45) is 0. The molecule has 0 fully saturated rings. The second-order valence-corrected chi connectivity index (χ2v) is 4.27. The van der Waals surface area contributed by atoms with Crippen molar-refractivity contribution in [3.63, 3.8) is 0 Å². The van der Waals surface area contributed by atoms with Gasteiger partial charge < -0.3 is 9.84 Å². The fraction of sp³-hybridized carbons (Fsp3) is 0.188. The molecule has 1 atom stereocenters. The zero-order chi connectivity index (χ0) is 14.5. The number of aliphatic hydroxyl groups excluding tert-OH is 1. The van der Waals surface area contributed by atoms with Crippen molar-refractivity contribution < 1.29 is 19.0 Å². The fourth-order valence-electron chi connectivity index (χ4n) is 1.97. The number of hydrogen-bond acceptors (Lipinski definition) is 3. The smallest absolute Gasteiger partial charge is 0.173 e. The molecule has 0 heterocycles. The lowest BCUT2D eigenvalue weighted by molar-refractivity contribution is 0.0921. The van der Waals surface area contributed by atoms with Gasteiger partial charge in [-0.3, -0.25) is 4.79 Å². The van der Waals surface area contributed by atoms with Crippen molar-refractivity contribution in [2.75, 3.05) is 13.7 Å². The summed E-state index contributed by atoms with van der Waals surface area (Å²) < 4.78 is 18.5. The molecular formula is C16H14FO3. The minimum Gasteiger partial charge on any atom is -0.494 e. The molecule has 4 heteroatoms. The van der Waals surface area contributed by atoms with E-state index in [0.717, 1.165) is 0 Å². The van der Waals surface area contributed by atoms with Gasteiger partial charge in [0, 0.05) is 5.56 Å². The molecule has 1 N–H and O–H groups in total. The fourth-order valence-corrected chi connectivity index (χ4v) is 1.97. The molecule has 0 aliphatic rings. The zero-order valence-electron chi connectivity index (χ0n) is 11.0. The van der Waals surface area contributed by atoms with E-state index in [1.807, 2.05) is 0 Å². The molecule has 103 valence electrons. The third-order valence-corrected chi connectivity index (χ3v) is 3.05. The minimum absolute atomic E-state index is 0.101. The van der Waals surface area contributed by atoms with Gasteiger partial charge in [0.25, 0.3) is 0 Å². The molecule has 2 rings (SSSR count). The van der Waals surface area contributed by atoms with Crippen LogP contribution in [0.4, 0.5) is 4.39 Å². The Morgan fingerprint density at radius 1 is 1.40 bits per heavy atom. The molecule has 0 aromatic heterocycles. The van der Waals surface area contributed by atoms with Gasteiger partial charge in [-0.05, 0) is 23.8 Å². The summed E-state index contributed by atoms with van der Waals surface area (Å²) in [5, 5.41) is 9.44. The molecule has 0 unspecified atom stereocenters. The first-order chi connectivity index (χ1) is 9.67. The van der Waals surface area contributed by atoms with Crippen LogP contribution in [0.25, 0.3) is 0 Å². The molecule has 20 heavy (non-hydrogen) atoms. The van der Waals surface area contributed by atoms with E-state index in [-0.39, 0.29) is 11.5 Å². The van der Waals surface area contributed by atoms with Crippen LogP contribution in [-0.2, 0) is 0 Å². The molecule has 3 nitrogen and oxygen atoms in total. The zero-order valence-corrected chi connectivity index (χ0v) is 11.0. The summed E-state index contributed by atoms with van der Waals surface area (Å²) in [7, 11) is 1.37. The van der Waals surface area contributed by atoms with Crippen LogP contribution in [0.5, 0.6) is 5.75 Å². The highest BCUT2D eigenvalue weighted by Gasteiger charge is 2.22. The van der Waals surface area contributed by atoms with E-state index < -0.39 is 18.3 Å². The number of rotatable bonds is 5. The van der Waals surface area contributed by atoms with Gasteiger partial charge in [0.15, 0.2) is 17.3 Å². The SMILES string of the molecule is COc1ccc([C@@H](CO)C(=O)c2[c]cccc2)cc1F. The number of benzene rings is 2. The van der Waals surface area contributed by atoms with E-state index in [0.29, 0.717) is 11.1 Å². The maximum absolute atomic E-state index is 13.7. The van der Waals surface area contributed by atoms with Gasteiger partial charge in [-0.25, -0.2) is 4.39 Å². The van der Waals surface area contributed by atoms with Crippen molar-refractivity contribution in [2.24, 2.45) is 0 Å². The van der Waals surface area contributed by atoms with Crippen LogP contribution >= 0.6 is 0 Å². The van der Waals surface area contributed by atoms with Crippen molar-refractivity contribution >= 4 is 5.78 Å². The number of hydrogen-bond donors (Lipinski definition) is 1. The Balaban J connectivity index is 2.33. The van der Waals surface area contributed by atoms with Gasteiger partial charge in [0.2, 0.25) is 0 Å². The van der Waals surface area contributed by atoms with Crippen molar-refractivity contribution in [3.05, 3.63) is 65.5 Å². The van der Waals surface area contributed by atoms with Crippen LogP contribution in [0.2, 0.25) is 0 Å². The Hall–Kier alpha value is -2.20. The number of ketones is 1. The number of halogens is 1. The Kier molecular flexibility index (Phi) is 4.48. The topological polar surface area (TPSA) is 46.5 Å². The van der Waals surface area contributed by atoms with Crippen molar-refractivity contribution in [1.82, 2.24) is 0 Å². The van der Waals surface area contributed by atoms with E-state index in [9.17, 15) is 14.3 Å². The predicted molar refractivity (Wildman–Crippen MR) is 72.4 cm³/mol. The quantitative estimate of drug-likeness (QED) is 0.852. The molecule has 2 aromatic rings. The first-order valence-corrected chi connectivity index (χ1v) is 6.12. The van der Waals surface area contributed by atoms with E-state index in [1.165, 1.54) is 19.2 Å². The average molecular weight is 273 g/mol. The lowest BCUT2D eigenvalue weighted by atomic mass is 9.91. The third-order valence-electron chi connectivity index (χ3n) is 3.05. The molecular weight excluding hydrogens is 259 g/mol. The van der Waals surface area contributed by atoms with E-state index in [4.69, 9.17) is 4.74 Å². The number of Topliss-reactive ketones (excluding diaryl/α,β-unsaturated/α-hetero) is 1. The van der Waals surface area contributed by atoms with Gasteiger partial charge in [0.1, 0.15) is 0 Å². The summed E-state index contributed by atoms with van der Waals surface area (Å²) in [4.78, 5) is 12.3. The maximum Gasteiger partial charge on any atom is 0.173 e. The summed E-state index contributed by atoms with van der Waals surface area (Å²) in [5.74, 6) is -1.57. The summed E-state index contributed by atoms with van der Waals surface area (Å²) in [6, 6.07) is 13.7. The molecule has 0 saturated carbocycles. The standard InChI is InChI=1S/C16H14FO3/c1-20-15-8-7-12(9-14(15)17)13(10-18)16(19)11-5-3-2-4-6-11/h2-5,7-9,13,18H,10H2,1H3/t13-/m1/s1. The van der Waals surface area contributed by atoms with E-state index in [1.54, 1.807) is 30.3 Å². The monoisotopic (exact) mass is 273 g/mol. The lowest BCUT2D eigenvalue weighted by Gasteiger charge is -2.14. The van der Waals surface area contributed by atoms with E-state index in [2.05, 4.69) is 6.07 Å². The summed E-state index contributed by atoms with van der Waals surface area (Å²) in [6.45, 7) is -0.395. The largest absolute Gasteiger partial charge is 0.494 e. The first-order valence-electron chi connectivity index (χ1n) is 6.12. The number of methoxy groups -OCH3 is 1. The van der Waals surface area contributed by atoms with Crippen LogP contribution < -0.4 is 4.74 Å². The van der Waals surface area contributed by atoms with Gasteiger partial charge in [0.05, 0.1) is 19.6 Å². The normalized spacial score (nSPS) is 11.9. The highest BCUT2D eigenvalue weighted by Crippen LogP contribution is 2.25. The Labute approximate surface area is 116 Å². The van der Waals surface area contributed by atoms with Gasteiger partial charge in [-0.2, -0.15) is 0 Å². The van der Waals surface area contributed by atoms with Crippen LogP contribution in [0, 0.1) is 11.9 Å². The number of carbonyl (C=O) groups excluding carboxylic acids is 1. The summed E-state index contributed by atoms with van der Waals surface area (Å²) >= 11 is 0. The number of ether oxygens (including phenoxy) is 1. The molecule has 0 spiro atoms. The van der Waals surface area contributed by atoms with Gasteiger partial charge in [-0.1, -0.05) is 30.3 Å². The van der Waals surface area contributed by atoms with E-state index >= 15 is 0 Å². The average Bonchev–Trinajstić information content (AvgIpc) is 2.49. The Morgan fingerprint density at radius 3 is 2.75 bits per heavy atom. The molecule has 0 amide bonds. The molecule has 1 radical (unpaired) electrons. The number of carbonyl (C=O) groups is 1. The lowest BCUT2D eigenvalue weighted by Crippen LogP contribution is -2.17. The molecule has 0 aliphatic heterocycles. The maximum atomic E-state index is 13.7. The highest BCUT2D eigenvalue weighted by molar-refractivity contribution is 6.00. The van der Waals surface area contributed by atoms with Gasteiger partial charge in [-0.15, -0.1) is 0 Å². The van der Waals surface area contributed by atoms with Crippen molar-refractivity contribution in [2.45, 2.75) is 5.92 Å². The first kappa shape index (κ1) is 14.2. The minimum atomic E-state index is -0.811. The van der Waals surface area contributed by atoms with Crippen LogP contribution in [0.1, 0.15) is 21.8 Å². The van der Waals surface area contributed by atoms with Crippen molar-refractivity contribution in [1.29, 1.82) is 0 Å². The third kappa shape index (κ3) is 2.86.